The molecule has 0 saturated carbocycles. The molecule has 1 fully saturated rings. The fourth-order valence-corrected chi connectivity index (χ4v) is 4.33. The molecule has 0 unspecified atom stereocenters. The Hall–Kier alpha value is -3.06. The number of aromatic nitrogens is 4. The summed E-state index contributed by atoms with van der Waals surface area (Å²) in [6.07, 6.45) is 10.3. The number of hydrogen-bond donors (Lipinski definition) is 1. The van der Waals surface area contributed by atoms with Gasteiger partial charge in [-0.25, -0.2) is 14.5 Å². The Kier molecular flexibility index (Phi) is 4.39. The van der Waals surface area contributed by atoms with Crippen LogP contribution in [0, 0.1) is 5.92 Å². The number of allylic oxidation sites excluding steroid dienone is 1. The minimum Gasteiger partial charge on any atom is -0.357 e. The predicted molar refractivity (Wildman–Crippen MR) is 112 cm³/mol. The number of carbonyl (C=O) groups excluding carboxylic acids is 1. The van der Waals surface area contributed by atoms with Gasteiger partial charge in [-0.3, -0.25) is 4.79 Å². The van der Waals surface area contributed by atoms with Gasteiger partial charge in [0.25, 0.3) is 0 Å². The number of Topliss-reactive ketones (excluding diaryl/α,β-unsaturated/α-hetero) is 1. The molecular formula is C22H24N6O. The molecule has 7 nitrogen and oxygen atoms in total. The summed E-state index contributed by atoms with van der Waals surface area (Å²) in [6.45, 7) is 1.94. The summed E-state index contributed by atoms with van der Waals surface area (Å²) in [6, 6.07) is 4.11. The van der Waals surface area contributed by atoms with Crippen LogP contribution in [-0.2, 0) is 6.42 Å². The number of nitrogens with zero attached hydrogens (tertiary/aromatic N) is 5. The van der Waals surface area contributed by atoms with Gasteiger partial charge in [0.05, 0.1) is 23.0 Å². The Morgan fingerprint density at radius 1 is 1.24 bits per heavy atom. The maximum atomic E-state index is 13.2. The monoisotopic (exact) mass is 388 g/mol. The Morgan fingerprint density at radius 2 is 2.07 bits per heavy atom. The maximum absolute atomic E-state index is 13.2. The Labute approximate surface area is 169 Å². The molecule has 5 rings (SSSR count). The highest BCUT2D eigenvalue weighted by Crippen LogP contribution is 2.33. The highest BCUT2D eigenvalue weighted by Gasteiger charge is 2.27. The number of pyridine rings is 1. The summed E-state index contributed by atoms with van der Waals surface area (Å²) < 4.78 is 1.79. The normalized spacial score (nSPS) is 17.4. The summed E-state index contributed by atoms with van der Waals surface area (Å²) in [5.74, 6) is 0.936. The molecule has 0 amide bonds. The lowest BCUT2D eigenvalue weighted by atomic mass is 9.89. The number of piperidine rings is 1. The molecule has 0 aromatic carbocycles. The standard InChI is InChI=1S/C22H24N6O/c1-23-22-24-12-17-16(3-4-19(17)26-22)15-7-10-28-20(11-15)18(13-25-28)21(29)14-5-8-27(2)9-6-14/h3,7,10-14H,4-6,8-9H2,1-2H3,(H,23,24,26). The number of fused-ring (bicyclic) bond motifs is 2. The first kappa shape index (κ1) is 18.0. The first-order valence-corrected chi connectivity index (χ1v) is 10.1. The second kappa shape index (κ2) is 7.08. The molecule has 4 heterocycles. The predicted octanol–water partition coefficient (Wildman–Crippen LogP) is 2.68. The first-order valence-electron chi connectivity index (χ1n) is 10.1. The minimum atomic E-state index is 0.0858. The average Bonchev–Trinajstić information content (AvgIpc) is 3.37. The molecule has 0 spiro atoms. The second-order valence-electron chi connectivity index (χ2n) is 7.87. The largest absolute Gasteiger partial charge is 0.357 e. The molecule has 3 aromatic heterocycles. The number of ketones is 1. The van der Waals surface area contributed by atoms with Crippen LogP contribution in [0.2, 0.25) is 0 Å². The van der Waals surface area contributed by atoms with Crippen molar-refractivity contribution in [3.63, 3.8) is 0 Å². The molecular weight excluding hydrogens is 364 g/mol. The number of carbonyl (C=O) groups is 1. The van der Waals surface area contributed by atoms with Gasteiger partial charge < -0.3 is 10.2 Å². The van der Waals surface area contributed by atoms with Gasteiger partial charge in [0.2, 0.25) is 5.95 Å². The fourth-order valence-electron chi connectivity index (χ4n) is 4.33. The van der Waals surface area contributed by atoms with Gasteiger partial charge in [-0.05, 0) is 56.2 Å². The number of rotatable bonds is 4. The molecule has 1 aliphatic heterocycles. The molecule has 29 heavy (non-hydrogen) atoms. The highest BCUT2D eigenvalue weighted by atomic mass is 16.1. The lowest BCUT2D eigenvalue weighted by Crippen LogP contribution is -2.33. The molecule has 1 saturated heterocycles. The summed E-state index contributed by atoms with van der Waals surface area (Å²) in [5, 5.41) is 7.41. The van der Waals surface area contributed by atoms with Gasteiger partial charge in [0.1, 0.15) is 0 Å². The SMILES string of the molecule is CNc1ncc2c(n1)CC=C2c1ccn2ncc(C(=O)C3CCN(C)CC3)c2c1. The van der Waals surface area contributed by atoms with Crippen LogP contribution in [0.25, 0.3) is 11.1 Å². The van der Waals surface area contributed by atoms with E-state index in [1.54, 1.807) is 10.7 Å². The molecule has 7 heteroatoms. The smallest absolute Gasteiger partial charge is 0.222 e. The van der Waals surface area contributed by atoms with E-state index in [0.717, 1.165) is 65.8 Å². The molecule has 0 atom stereocenters. The van der Waals surface area contributed by atoms with Crippen molar-refractivity contribution in [2.24, 2.45) is 5.92 Å². The second-order valence-corrected chi connectivity index (χ2v) is 7.87. The van der Waals surface area contributed by atoms with Crippen molar-refractivity contribution in [1.82, 2.24) is 24.5 Å². The van der Waals surface area contributed by atoms with E-state index in [-0.39, 0.29) is 11.7 Å². The van der Waals surface area contributed by atoms with E-state index in [1.165, 1.54) is 0 Å². The van der Waals surface area contributed by atoms with Gasteiger partial charge in [-0.15, -0.1) is 0 Å². The van der Waals surface area contributed by atoms with Crippen molar-refractivity contribution in [3.05, 3.63) is 59.2 Å². The zero-order chi connectivity index (χ0) is 20.0. The third-order valence-electron chi connectivity index (χ3n) is 6.07. The van der Waals surface area contributed by atoms with Crippen molar-refractivity contribution >= 4 is 22.8 Å². The van der Waals surface area contributed by atoms with Crippen molar-refractivity contribution in [2.75, 3.05) is 32.5 Å². The topological polar surface area (TPSA) is 75.4 Å². The Bertz CT molecular complexity index is 1120. The lowest BCUT2D eigenvalue weighted by molar-refractivity contribution is 0.0858. The van der Waals surface area contributed by atoms with Gasteiger partial charge in [-0.2, -0.15) is 5.10 Å². The summed E-state index contributed by atoms with van der Waals surface area (Å²) >= 11 is 0. The fraction of sp³-hybridized carbons (Fsp3) is 0.364. The van der Waals surface area contributed by atoms with Gasteiger partial charge in [0, 0.05) is 37.3 Å². The van der Waals surface area contributed by atoms with Crippen LogP contribution < -0.4 is 5.32 Å². The number of likely N-dealkylation sites (tertiary alicyclic amines) is 1. The summed E-state index contributed by atoms with van der Waals surface area (Å²) in [4.78, 5) is 24.4. The van der Waals surface area contributed by atoms with Gasteiger partial charge in [-0.1, -0.05) is 6.08 Å². The first-order chi connectivity index (χ1) is 14.1. The van der Waals surface area contributed by atoms with Crippen LogP contribution in [0.4, 0.5) is 5.95 Å². The number of hydrogen-bond acceptors (Lipinski definition) is 6. The Morgan fingerprint density at radius 3 is 2.86 bits per heavy atom. The Balaban J connectivity index is 1.49. The van der Waals surface area contributed by atoms with Crippen molar-refractivity contribution in [1.29, 1.82) is 0 Å². The third-order valence-corrected chi connectivity index (χ3v) is 6.07. The van der Waals surface area contributed by atoms with E-state index >= 15 is 0 Å². The lowest BCUT2D eigenvalue weighted by Gasteiger charge is -2.27. The van der Waals surface area contributed by atoms with E-state index in [2.05, 4.69) is 44.5 Å². The average molecular weight is 388 g/mol. The van der Waals surface area contributed by atoms with E-state index in [0.29, 0.717) is 5.95 Å². The van der Waals surface area contributed by atoms with Crippen LogP contribution in [0.5, 0.6) is 0 Å². The van der Waals surface area contributed by atoms with Crippen molar-refractivity contribution in [3.8, 4) is 0 Å². The van der Waals surface area contributed by atoms with Gasteiger partial charge >= 0.3 is 0 Å². The van der Waals surface area contributed by atoms with E-state index in [1.807, 2.05) is 25.5 Å². The van der Waals surface area contributed by atoms with Crippen LogP contribution in [0.3, 0.4) is 0 Å². The zero-order valence-corrected chi connectivity index (χ0v) is 16.7. The van der Waals surface area contributed by atoms with Crippen LogP contribution in [-0.4, -0.2) is 57.5 Å². The van der Waals surface area contributed by atoms with Crippen molar-refractivity contribution in [2.45, 2.75) is 19.3 Å². The summed E-state index contributed by atoms with van der Waals surface area (Å²) in [7, 11) is 3.93. The zero-order valence-electron chi connectivity index (χ0n) is 16.7. The molecule has 1 aliphatic carbocycles. The molecule has 1 N–H and O–H groups in total. The maximum Gasteiger partial charge on any atom is 0.222 e. The van der Waals surface area contributed by atoms with Crippen LogP contribution >= 0.6 is 0 Å². The van der Waals surface area contributed by atoms with Crippen LogP contribution in [0.1, 0.15) is 40.0 Å². The van der Waals surface area contributed by atoms with Gasteiger partial charge in [0.15, 0.2) is 5.78 Å². The van der Waals surface area contributed by atoms with Crippen LogP contribution in [0.15, 0.2) is 36.8 Å². The molecule has 148 valence electrons. The minimum absolute atomic E-state index is 0.0858. The molecule has 0 radical (unpaired) electrons. The van der Waals surface area contributed by atoms with E-state index in [4.69, 9.17) is 0 Å². The number of nitrogens with one attached hydrogen (secondary N) is 1. The molecule has 0 bridgehead atoms. The highest BCUT2D eigenvalue weighted by molar-refractivity contribution is 6.04. The number of anilines is 1. The quantitative estimate of drug-likeness (QED) is 0.693. The molecule has 3 aromatic rings. The van der Waals surface area contributed by atoms with E-state index in [9.17, 15) is 4.79 Å². The summed E-state index contributed by atoms with van der Waals surface area (Å²) in [5.41, 5.74) is 5.85. The third kappa shape index (κ3) is 3.11. The molecule has 2 aliphatic rings. The van der Waals surface area contributed by atoms with E-state index < -0.39 is 0 Å². The van der Waals surface area contributed by atoms with Crippen molar-refractivity contribution < 1.29 is 4.79 Å².